The van der Waals surface area contributed by atoms with Crippen molar-refractivity contribution in [1.29, 1.82) is 0 Å². The molecule has 1 aromatic carbocycles. The number of benzene rings is 1. The van der Waals surface area contributed by atoms with Gasteiger partial charge in [-0.25, -0.2) is 4.98 Å². The Kier molecular flexibility index (Phi) is 5.10. The maximum Gasteiger partial charge on any atom is 0.258 e. The average molecular weight is 425 g/mol. The Hall–Kier alpha value is -1.59. The van der Waals surface area contributed by atoms with Gasteiger partial charge in [0, 0.05) is 23.6 Å². The Bertz CT molecular complexity index is 1020. The van der Waals surface area contributed by atoms with E-state index in [2.05, 4.69) is 38.1 Å². The minimum atomic E-state index is -0.205. The Labute approximate surface area is 183 Å². The standard InChI is InChI=1S/C25H32N2O2S/c1-24(2)16-18(11-14-29-24)27-22(28)20-21(26-23(27)30-3)19-10-6-5-9-17(19)15-25(20)12-7-4-8-13-25/h5-6,9-10,18H,4,7-8,11-16H2,1-3H3/t18-/m1/s1. The first-order valence-corrected chi connectivity index (χ1v) is 12.6. The number of thioether (sulfide) groups is 1. The number of hydrogen-bond donors (Lipinski definition) is 0. The first kappa shape index (κ1) is 20.3. The van der Waals surface area contributed by atoms with Crippen molar-refractivity contribution in [1.82, 2.24) is 9.55 Å². The summed E-state index contributed by atoms with van der Waals surface area (Å²) in [6.07, 6.45) is 10.6. The van der Waals surface area contributed by atoms with Crippen molar-refractivity contribution in [2.24, 2.45) is 0 Å². The van der Waals surface area contributed by atoms with Gasteiger partial charge in [0.15, 0.2) is 5.16 Å². The Morgan fingerprint density at radius 3 is 2.67 bits per heavy atom. The quantitative estimate of drug-likeness (QED) is 0.470. The molecule has 0 bridgehead atoms. The third-order valence-corrected chi connectivity index (χ3v) is 8.10. The summed E-state index contributed by atoms with van der Waals surface area (Å²) in [5.41, 5.74) is 4.43. The van der Waals surface area contributed by atoms with Gasteiger partial charge in [0.1, 0.15) is 0 Å². The van der Waals surface area contributed by atoms with Crippen LogP contribution in [0.15, 0.2) is 34.2 Å². The van der Waals surface area contributed by atoms with Crippen molar-refractivity contribution in [3.05, 3.63) is 45.7 Å². The van der Waals surface area contributed by atoms with E-state index in [9.17, 15) is 4.79 Å². The number of ether oxygens (including phenoxy) is 1. The highest BCUT2D eigenvalue weighted by atomic mass is 32.2. The normalized spacial score (nSPS) is 24.3. The molecule has 4 nitrogen and oxygen atoms in total. The predicted octanol–water partition coefficient (Wildman–Crippen LogP) is 5.52. The van der Waals surface area contributed by atoms with Gasteiger partial charge in [0.05, 0.1) is 16.9 Å². The topological polar surface area (TPSA) is 44.1 Å². The first-order valence-electron chi connectivity index (χ1n) is 11.4. The lowest BCUT2D eigenvalue weighted by Crippen LogP contribution is -2.45. The van der Waals surface area contributed by atoms with E-state index in [-0.39, 0.29) is 22.6 Å². The van der Waals surface area contributed by atoms with Crippen LogP contribution in [-0.2, 0) is 16.6 Å². The summed E-state index contributed by atoms with van der Waals surface area (Å²) < 4.78 is 8.00. The third-order valence-electron chi connectivity index (χ3n) is 7.44. The third kappa shape index (κ3) is 3.25. The zero-order valence-corrected chi connectivity index (χ0v) is 19.2. The van der Waals surface area contributed by atoms with E-state index in [0.29, 0.717) is 6.61 Å². The van der Waals surface area contributed by atoms with Crippen molar-refractivity contribution >= 4 is 11.8 Å². The Balaban J connectivity index is 1.75. The molecule has 1 saturated heterocycles. The lowest BCUT2D eigenvalue weighted by molar-refractivity contribution is -0.0710. The maximum absolute atomic E-state index is 14.3. The van der Waals surface area contributed by atoms with Crippen LogP contribution in [0.3, 0.4) is 0 Å². The van der Waals surface area contributed by atoms with Gasteiger partial charge < -0.3 is 4.74 Å². The summed E-state index contributed by atoms with van der Waals surface area (Å²) >= 11 is 1.60. The van der Waals surface area contributed by atoms with Crippen molar-refractivity contribution in [3.8, 4) is 11.3 Å². The van der Waals surface area contributed by atoms with Crippen molar-refractivity contribution in [2.45, 2.75) is 87.4 Å². The van der Waals surface area contributed by atoms with E-state index >= 15 is 0 Å². The first-order chi connectivity index (χ1) is 14.4. The molecule has 2 aromatic rings. The molecule has 2 aliphatic carbocycles. The molecule has 0 unspecified atom stereocenters. The molecule has 1 aliphatic heterocycles. The second-order valence-corrected chi connectivity index (χ2v) is 10.7. The molecule has 30 heavy (non-hydrogen) atoms. The van der Waals surface area contributed by atoms with Gasteiger partial charge in [0.2, 0.25) is 0 Å². The van der Waals surface area contributed by atoms with Crippen molar-refractivity contribution in [2.75, 3.05) is 12.9 Å². The van der Waals surface area contributed by atoms with Gasteiger partial charge >= 0.3 is 0 Å². The van der Waals surface area contributed by atoms with E-state index in [1.165, 1.54) is 24.8 Å². The van der Waals surface area contributed by atoms with Crippen LogP contribution in [0.5, 0.6) is 0 Å². The second-order valence-electron chi connectivity index (χ2n) is 9.93. The molecular weight excluding hydrogens is 392 g/mol. The fraction of sp³-hybridized carbons (Fsp3) is 0.600. The average Bonchev–Trinajstić information content (AvgIpc) is 2.73. The van der Waals surface area contributed by atoms with E-state index in [1.54, 1.807) is 11.8 Å². The number of fused-ring (bicyclic) bond motifs is 4. The Morgan fingerprint density at radius 2 is 1.93 bits per heavy atom. The molecule has 1 atom stereocenters. The lowest BCUT2D eigenvalue weighted by atomic mass is 9.62. The molecule has 1 saturated carbocycles. The highest BCUT2D eigenvalue weighted by Crippen LogP contribution is 2.49. The van der Waals surface area contributed by atoms with Crippen LogP contribution in [-0.4, -0.2) is 28.0 Å². The summed E-state index contributed by atoms with van der Waals surface area (Å²) in [7, 11) is 0. The van der Waals surface area contributed by atoms with E-state index in [1.807, 2.05) is 10.8 Å². The summed E-state index contributed by atoms with van der Waals surface area (Å²) in [6, 6.07) is 8.75. The monoisotopic (exact) mass is 424 g/mol. The highest BCUT2D eigenvalue weighted by molar-refractivity contribution is 7.98. The minimum absolute atomic E-state index is 0.0502. The molecular formula is C25H32N2O2S. The number of nitrogens with zero attached hydrogens (tertiary/aromatic N) is 2. The molecule has 5 heteroatoms. The zero-order chi connectivity index (χ0) is 20.9. The van der Waals surface area contributed by atoms with Gasteiger partial charge in [-0.2, -0.15) is 0 Å². The molecule has 0 amide bonds. The van der Waals surface area contributed by atoms with Gasteiger partial charge in [0.25, 0.3) is 5.56 Å². The van der Waals surface area contributed by atoms with Crippen LogP contribution < -0.4 is 5.56 Å². The molecule has 0 radical (unpaired) electrons. The molecule has 3 aliphatic rings. The molecule has 0 N–H and O–H groups in total. The Morgan fingerprint density at radius 1 is 1.17 bits per heavy atom. The van der Waals surface area contributed by atoms with Gasteiger partial charge in [-0.3, -0.25) is 9.36 Å². The summed E-state index contributed by atoms with van der Waals surface area (Å²) in [6.45, 7) is 4.96. The van der Waals surface area contributed by atoms with E-state index in [0.717, 1.165) is 54.1 Å². The summed E-state index contributed by atoms with van der Waals surface area (Å²) in [5.74, 6) is 0. The van der Waals surface area contributed by atoms with Crippen LogP contribution >= 0.6 is 11.8 Å². The minimum Gasteiger partial charge on any atom is -0.375 e. The number of rotatable bonds is 2. The smallest absolute Gasteiger partial charge is 0.258 e. The number of hydrogen-bond acceptors (Lipinski definition) is 4. The highest BCUT2D eigenvalue weighted by Gasteiger charge is 2.44. The van der Waals surface area contributed by atoms with E-state index < -0.39 is 0 Å². The van der Waals surface area contributed by atoms with Crippen molar-refractivity contribution in [3.63, 3.8) is 0 Å². The van der Waals surface area contributed by atoms with Gasteiger partial charge in [-0.15, -0.1) is 0 Å². The van der Waals surface area contributed by atoms with Crippen LogP contribution in [0.1, 0.15) is 76.0 Å². The fourth-order valence-electron chi connectivity index (χ4n) is 6.09. The van der Waals surface area contributed by atoms with Gasteiger partial charge in [-0.05, 0) is 57.8 Å². The molecule has 2 fully saturated rings. The van der Waals surface area contributed by atoms with Gasteiger partial charge in [-0.1, -0.05) is 55.3 Å². The zero-order valence-electron chi connectivity index (χ0n) is 18.4. The summed E-state index contributed by atoms with van der Waals surface area (Å²) in [5, 5.41) is 0.851. The maximum atomic E-state index is 14.3. The molecule has 160 valence electrons. The second kappa shape index (κ2) is 7.52. The molecule has 1 spiro atoms. The SMILES string of the molecule is CSc1nc2c(c(=O)n1[C@@H]1CCOC(C)(C)C1)C1(CCCCC1)Cc1ccccc1-2. The molecule has 1 aromatic heterocycles. The van der Waals surface area contributed by atoms with Crippen LogP contribution in [0, 0.1) is 0 Å². The molecule has 5 rings (SSSR count). The number of aromatic nitrogens is 2. The van der Waals surface area contributed by atoms with Crippen LogP contribution in [0.2, 0.25) is 0 Å². The van der Waals surface area contributed by atoms with Crippen LogP contribution in [0.4, 0.5) is 0 Å². The van der Waals surface area contributed by atoms with Crippen molar-refractivity contribution < 1.29 is 4.74 Å². The fourth-order valence-corrected chi connectivity index (χ4v) is 6.70. The van der Waals surface area contributed by atoms with E-state index in [4.69, 9.17) is 9.72 Å². The lowest BCUT2D eigenvalue weighted by Gasteiger charge is -2.43. The predicted molar refractivity (Wildman–Crippen MR) is 122 cm³/mol. The summed E-state index contributed by atoms with van der Waals surface area (Å²) in [4.78, 5) is 19.4. The largest absolute Gasteiger partial charge is 0.375 e. The van der Waals surface area contributed by atoms with Crippen LogP contribution in [0.25, 0.3) is 11.3 Å². The molecule has 2 heterocycles.